The normalized spacial score (nSPS) is 12.6. The lowest BCUT2D eigenvalue weighted by Crippen LogP contribution is -2.25. The first-order chi connectivity index (χ1) is 10.3. The minimum absolute atomic E-state index is 0.0661. The SMILES string of the molecule is C=C=C=C(/C(=C(\C#CC#CC)C(C)(C)C)C(C)(C)C)C(C)(C)C. The van der Waals surface area contributed by atoms with Gasteiger partial charge in [-0.2, -0.15) is 0 Å². The van der Waals surface area contributed by atoms with Gasteiger partial charge in [-0.05, 0) is 47.2 Å². The quantitative estimate of drug-likeness (QED) is 0.302. The summed E-state index contributed by atoms with van der Waals surface area (Å²) in [6.07, 6.45) is 0. The molecule has 0 unspecified atom stereocenters. The standard InChI is InChI=1S/C23H32/c1-12-14-15-17-19(22(6,7)8)20(23(9,10)11)18(16-13-2)21(3,4)5/h2H2,1,3-11H3/b20-19-. The van der Waals surface area contributed by atoms with Crippen molar-refractivity contribution in [2.75, 3.05) is 0 Å². The Morgan fingerprint density at radius 3 is 1.57 bits per heavy atom. The predicted molar refractivity (Wildman–Crippen MR) is 103 cm³/mol. The average molecular weight is 309 g/mol. The highest BCUT2D eigenvalue weighted by Crippen LogP contribution is 2.45. The van der Waals surface area contributed by atoms with Gasteiger partial charge in [-0.1, -0.05) is 85.6 Å². The van der Waals surface area contributed by atoms with Gasteiger partial charge in [-0.15, -0.1) is 0 Å². The van der Waals surface area contributed by atoms with E-state index in [0.717, 1.165) is 11.1 Å². The molecule has 0 nitrogen and oxygen atoms in total. The summed E-state index contributed by atoms with van der Waals surface area (Å²) in [5, 5.41) is 0. The van der Waals surface area contributed by atoms with Crippen molar-refractivity contribution in [3.63, 3.8) is 0 Å². The highest BCUT2D eigenvalue weighted by Gasteiger charge is 2.34. The molecule has 0 radical (unpaired) electrons. The van der Waals surface area contributed by atoms with Crippen molar-refractivity contribution in [3.8, 4) is 23.7 Å². The van der Waals surface area contributed by atoms with E-state index < -0.39 is 0 Å². The summed E-state index contributed by atoms with van der Waals surface area (Å²) >= 11 is 0. The first-order valence-electron chi connectivity index (χ1n) is 8.10. The Balaban J connectivity index is 7.12. The third-order valence-corrected chi connectivity index (χ3v) is 3.34. The molecule has 0 spiro atoms. The van der Waals surface area contributed by atoms with Gasteiger partial charge in [0.1, 0.15) is 0 Å². The molecule has 0 aliphatic carbocycles. The summed E-state index contributed by atoms with van der Waals surface area (Å²) in [6, 6.07) is 0. The zero-order valence-electron chi connectivity index (χ0n) is 16.7. The average Bonchev–Trinajstić information content (AvgIpc) is 2.32. The van der Waals surface area contributed by atoms with Gasteiger partial charge in [0.25, 0.3) is 0 Å². The maximum absolute atomic E-state index is 3.74. The third-order valence-electron chi connectivity index (χ3n) is 3.34. The van der Waals surface area contributed by atoms with Gasteiger partial charge in [-0.25, -0.2) is 0 Å². The Kier molecular flexibility index (Phi) is 7.01. The number of allylic oxidation sites excluding steroid dienone is 3. The smallest absolute Gasteiger partial charge is 0.0131 e. The molecule has 0 aliphatic heterocycles. The molecule has 0 fully saturated rings. The predicted octanol–water partition coefficient (Wildman–Crippen LogP) is 6.31. The van der Waals surface area contributed by atoms with Crippen LogP contribution in [0.15, 0.2) is 34.8 Å². The second-order valence-corrected chi connectivity index (χ2v) is 8.80. The van der Waals surface area contributed by atoms with Crippen LogP contribution < -0.4 is 0 Å². The molecule has 0 heteroatoms. The van der Waals surface area contributed by atoms with Crippen molar-refractivity contribution in [3.05, 3.63) is 34.8 Å². The molecule has 0 bridgehead atoms. The lowest BCUT2D eigenvalue weighted by molar-refractivity contribution is 0.423. The number of rotatable bonds is 1. The summed E-state index contributed by atoms with van der Waals surface area (Å²) in [5.41, 5.74) is 9.35. The molecule has 0 aromatic heterocycles. The van der Waals surface area contributed by atoms with Crippen LogP contribution in [0, 0.1) is 39.9 Å². The van der Waals surface area contributed by atoms with Crippen LogP contribution in [0.25, 0.3) is 0 Å². The Hall–Kier alpha value is -1.84. The van der Waals surface area contributed by atoms with E-state index in [-0.39, 0.29) is 16.2 Å². The van der Waals surface area contributed by atoms with Crippen molar-refractivity contribution in [2.24, 2.45) is 16.2 Å². The molecule has 0 atom stereocenters. The lowest BCUT2D eigenvalue weighted by atomic mass is 9.67. The first kappa shape index (κ1) is 21.2. The van der Waals surface area contributed by atoms with Crippen molar-refractivity contribution in [1.82, 2.24) is 0 Å². The van der Waals surface area contributed by atoms with Gasteiger partial charge >= 0.3 is 0 Å². The molecule has 0 aromatic carbocycles. The first-order valence-corrected chi connectivity index (χ1v) is 8.10. The molecule has 0 rings (SSSR count). The van der Waals surface area contributed by atoms with E-state index in [2.05, 4.69) is 104 Å². The second-order valence-electron chi connectivity index (χ2n) is 8.80. The molecule has 0 aromatic rings. The van der Waals surface area contributed by atoms with Crippen LogP contribution in [0.4, 0.5) is 0 Å². The van der Waals surface area contributed by atoms with E-state index in [4.69, 9.17) is 0 Å². The van der Waals surface area contributed by atoms with E-state index in [1.165, 1.54) is 5.57 Å². The molecule has 0 heterocycles. The van der Waals surface area contributed by atoms with Crippen molar-refractivity contribution in [1.29, 1.82) is 0 Å². The fraction of sp³-hybridized carbons (Fsp3) is 0.565. The van der Waals surface area contributed by atoms with E-state index >= 15 is 0 Å². The van der Waals surface area contributed by atoms with E-state index in [9.17, 15) is 0 Å². The summed E-state index contributed by atoms with van der Waals surface area (Å²) in [7, 11) is 0. The summed E-state index contributed by atoms with van der Waals surface area (Å²) < 4.78 is 0. The van der Waals surface area contributed by atoms with Crippen LogP contribution in [0.3, 0.4) is 0 Å². The zero-order chi connectivity index (χ0) is 18.5. The van der Waals surface area contributed by atoms with Gasteiger partial charge in [0, 0.05) is 11.1 Å². The Morgan fingerprint density at radius 2 is 1.26 bits per heavy atom. The minimum atomic E-state index is -0.0790. The fourth-order valence-electron chi connectivity index (χ4n) is 2.37. The van der Waals surface area contributed by atoms with Crippen LogP contribution >= 0.6 is 0 Å². The molecular formula is C23H32. The Labute approximate surface area is 144 Å². The zero-order valence-corrected chi connectivity index (χ0v) is 16.7. The van der Waals surface area contributed by atoms with Crippen LogP contribution in [0.2, 0.25) is 0 Å². The second kappa shape index (κ2) is 7.62. The summed E-state index contributed by atoms with van der Waals surface area (Å²) in [5.74, 6) is 12.0. The van der Waals surface area contributed by atoms with Gasteiger partial charge < -0.3 is 0 Å². The maximum Gasteiger partial charge on any atom is 0.0131 e. The molecule has 124 valence electrons. The molecule has 0 amide bonds. The lowest BCUT2D eigenvalue weighted by Gasteiger charge is -2.36. The molecule has 0 saturated carbocycles. The van der Waals surface area contributed by atoms with Gasteiger partial charge in [0.05, 0.1) is 0 Å². The van der Waals surface area contributed by atoms with Gasteiger partial charge in [0.15, 0.2) is 0 Å². The van der Waals surface area contributed by atoms with Crippen LogP contribution in [-0.4, -0.2) is 0 Å². The molecule has 0 saturated heterocycles. The van der Waals surface area contributed by atoms with Crippen molar-refractivity contribution in [2.45, 2.75) is 69.2 Å². The van der Waals surface area contributed by atoms with E-state index in [1.54, 1.807) is 6.92 Å². The van der Waals surface area contributed by atoms with Crippen molar-refractivity contribution < 1.29 is 0 Å². The van der Waals surface area contributed by atoms with Crippen LogP contribution in [0.5, 0.6) is 0 Å². The fourth-order valence-corrected chi connectivity index (χ4v) is 2.37. The van der Waals surface area contributed by atoms with Crippen LogP contribution in [0.1, 0.15) is 69.2 Å². The largest absolute Gasteiger partial charge is 0.0925 e. The maximum atomic E-state index is 3.74. The topological polar surface area (TPSA) is 0 Å². The molecular weight excluding hydrogens is 276 g/mol. The molecule has 23 heavy (non-hydrogen) atoms. The number of hydrogen-bond acceptors (Lipinski definition) is 0. The van der Waals surface area contributed by atoms with Gasteiger partial charge in [0.2, 0.25) is 0 Å². The molecule has 0 N–H and O–H groups in total. The minimum Gasteiger partial charge on any atom is -0.0925 e. The summed E-state index contributed by atoms with van der Waals surface area (Å²) in [6.45, 7) is 25.4. The van der Waals surface area contributed by atoms with Gasteiger partial charge in [-0.3, -0.25) is 0 Å². The Bertz CT molecular complexity index is 668. The molecule has 0 aliphatic rings. The summed E-state index contributed by atoms with van der Waals surface area (Å²) in [4.78, 5) is 0. The third kappa shape index (κ3) is 6.43. The highest BCUT2D eigenvalue weighted by atomic mass is 14.4. The highest BCUT2D eigenvalue weighted by molar-refractivity contribution is 5.52. The van der Waals surface area contributed by atoms with E-state index in [0.29, 0.717) is 0 Å². The Morgan fingerprint density at radius 1 is 0.739 bits per heavy atom. The van der Waals surface area contributed by atoms with Crippen molar-refractivity contribution >= 4 is 0 Å². The van der Waals surface area contributed by atoms with Crippen LogP contribution in [-0.2, 0) is 0 Å². The van der Waals surface area contributed by atoms with E-state index in [1.807, 2.05) is 0 Å². The number of hydrogen-bond donors (Lipinski definition) is 0. The monoisotopic (exact) mass is 308 g/mol.